The molecule has 0 bridgehead atoms. The van der Waals surface area contributed by atoms with Gasteiger partial charge in [0.05, 0.1) is 35.3 Å². The maximum Gasteiger partial charge on any atom is 0.267 e. The number of ether oxygens (including phenoxy) is 1. The van der Waals surface area contributed by atoms with E-state index in [4.69, 9.17) is 10.00 Å². The van der Waals surface area contributed by atoms with Gasteiger partial charge in [-0.1, -0.05) is 24.8 Å². The highest BCUT2D eigenvalue weighted by Crippen LogP contribution is 2.30. The van der Waals surface area contributed by atoms with E-state index in [0.29, 0.717) is 23.3 Å². The van der Waals surface area contributed by atoms with Crippen LogP contribution in [0.2, 0.25) is 0 Å². The van der Waals surface area contributed by atoms with E-state index in [1.807, 2.05) is 13.8 Å². The van der Waals surface area contributed by atoms with Crippen molar-refractivity contribution in [2.75, 3.05) is 11.8 Å². The van der Waals surface area contributed by atoms with Gasteiger partial charge in [-0.3, -0.25) is 9.71 Å². The molecule has 0 radical (unpaired) electrons. The van der Waals surface area contributed by atoms with Crippen LogP contribution in [-0.2, 0) is 10.0 Å². The van der Waals surface area contributed by atoms with Crippen LogP contribution in [0.1, 0.15) is 31.4 Å². The maximum atomic E-state index is 15.8. The lowest BCUT2D eigenvalue weighted by Gasteiger charge is -2.14. The molecule has 0 aliphatic carbocycles. The highest BCUT2D eigenvalue weighted by atomic mass is 32.2. The van der Waals surface area contributed by atoms with E-state index >= 15 is 8.78 Å². The first kappa shape index (κ1) is 30.5. The van der Waals surface area contributed by atoms with E-state index in [-0.39, 0.29) is 17.2 Å². The highest BCUT2D eigenvalue weighted by Gasteiger charge is 2.26. The SMILES string of the molecule is C=C=C(N/C=C\C)/C(C)=C1\C=CC(c2c(F)ccc(NS(=O)(=O)c3cc(C#N)cnc3OC)c2F)=NC=C1CC=C. The van der Waals surface area contributed by atoms with Gasteiger partial charge in [0.2, 0.25) is 5.88 Å². The smallest absolute Gasteiger partial charge is 0.267 e. The molecule has 0 spiro atoms. The Morgan fingerprint density at radius 1 is 1.27 bits per heavy atom. The zero-order valence-corrected chi connectivity index (χ0v) is 23.4. The third kappa shape index (κ3) is 6.76. The third-order valence-electron chi connectivity index (χ3n) is 5.85. The zero-order valence-electron chi connectivity index (χ0n) is 22.6. The Morgan fingerprint density at radius 3 is 2.66 bits per heavy atom. The second-order valence-electron chi connectivity index (χ2n) is 8.46. The van der Waals surface area contributed by atoms with E-state index in [1.54, 1.807) is 30.5 Å². The molecule has 2 N–H and O–H groups in total. The number of nitrogens with zero attached hydrogens (tertiary/aromatic N) is 3. The molecule has 1 aliphatic heterocycles. The Balaban J connectivity index is 2.12. The number of anilines is 1. The number of hydrogen-bond donors (Lipinski definition) is 2. The van der Waals surface area contributed by atoms with Gasteiger partial charge in [0.1, 0.15) is 11.9 Å². The van der Waals surface area contributed by atoms with Crippen LogP contribution in [0.25, 0.3) is 0 Å². The summed E-state index contributed by atoms with van der Waals surface area (Å²) >= 11 is 0. The average molecular weight is 576 g/mol. The normalized spacial score (nSPS) is 14.2. The number of nitriles is 1. The predicted octanol–water partition coefficient (Wildman–Crippen LogP) is 5.97. The van der Waals surface area contributed by atoms with Gasteiger partial charge >= 0.3 is 0 Å². The molecule has 1 aromatic carbocycles. The molecule has 8 nitrogen and oxygen atoms in total. The van der Waals surface area contributed by atoms with Crippen LogP contribution in [-0.4, -0.2) is 26.2 Å². The van der Waals surface area contributed by atoms with Crippen molar-refractivity contribution in [3.8, 4) is 11.9 Å². The molecule has 0 fully saturated rings. The van der Waals surface area contributed by atoms with Gasteiger partial charge in [-0.2, -0.15) is 5.26 Å². The van der Waals surface area contributed by atoms with E-state index < -0.39 is 37.8 Å². The number of nitrogens with one attached hydrogen (secondary N) is 2. The fraction of sp³-hybridized carbons (Fsp3) is 0.133. The monoisotopic (exact) mass is 575 g/mol. The molecule has 11 heteroatoms. The van der Waals surface area contributed by atoms with Gasteiger partial charge in [-0.25, -0.2) is 22.2 Å². The molecule has 3 rings (SSSR count). The largest absolute Gasteiger partial charge is 0.480 e. The molecule has 210 valence electrons. The second kappa shape index (κ2) is 13.3. The minimum atomic E-state index is -4.50. The number of hydrogen-bond acceptors (Lipinski definition) is 7. The minimum absolute atomic E-state index is 0.0546. The lowest BCUT2D eigenvalue weighted by Crippen LogP contribution is -2.17. The fourth-order valence-electron chi connectivity index (χ4n) is 3.86. The van der Waals surface area contributed by atoms with Crippen LogP contribution in [0.15, 0.2) is 112 Å². The number of pyridine rings is 1. The van der Waals surface area contributed by atoms with Crippen molar-refractivity contribution in [2.24, 2.45) is 4.99 Å². The summed E-state index contributed by atoms with van der Waals surface area (Å²) in [5.74, 6) is -2.45. The number of benzene rings is 1. The number of allylic oxidation sites excluding steroid dienone is 7. The Labute approximate surface area is 237 Å². The van der Waals surface area contributed by atoms with Crippen molar-refractivity contribution in [1.29, 1.82) is 5.26 Å². The van der Waals surface area contributed by atoms with Crippen molar-refractivity contribution in [3.63, 3.8) is 0 Å². The van der Waals surface area contributed by atoms with Crippen LogP contribution in [0.4, 0.5) is 14.5 Å². The molecule has 0 saturated heterocycles. The van der Waals surface area contributed by atoms with Crippen molar-refractivity contribution in [2.45, 2.75) is 25.2 Å². The van der Waals surface area contributed by atoms with E-state index in [9.17, 15) is 8.42 Å². The van der Waals surface area contributed by atoms with Gasteiger partial charge in [-0.15, -0.1) is 12.3 Å². The first-order chi connectivity index (χ1) is 19.6. The third-order valence-corrected chi connectivity index (χ3v) is 7.21. The number of aromatic nitrogens is 1. The second-order valence-corrected chi connectivity index (χ2v) is 10.1. The van der Waals surface area contributed by atoms with Crippen LogP contribution >= 0.6 is 0 Å². The summed E-state index contributed by atoms with van der Waals surface area (Å²) in [6.07, 6.45) is 11.3. The Morgan fingerprint density at radius 2 is 2.02 bits per heavy atom. The first-order valence-electron chi connectivity index (χ1n) is 12.1. The molecule has 0 unspecified atom stereocenters. The highest BCUT2D eigenvalue weighted by molar-refractivity contribution is 7.92. The molecule has 0 saturated carbocycles. The predicted molar refractivity (Wildman–Crippen MR) is 155 cm³/mol. The van der Waals surface area contributed by atoms with E-state index in [0.717, 1.165) is 30.0 Å². The van der Waals surface area contributed by atoms with Crippen LogP contribution in [0.5, 0.6) is 5.88 Å². The van der Waals surface area contributed by atoms with Gasteiger partial charge in [-0.05, 0) is 67.5 Å². The minimum Gasteiger partial charge on any atom is -0.480 e. The Bertz CT molecular complexity index is 1740. The molecule has 2 aromatic rings. The molecule has 1 aliphatic rings. The molecule has 41 heavy (non-hydrogen) atoms. The standard InChI is InChI=1S/C30H27F2N5O3S/c1-6-9-21-18-35-25(12-10-22(21)19(4)24(8-3)34-14-7-2)28-23(31)11-13-26(29(28)32)37-41(38,39)27-15-20(16-33)17-36-30(27)40-5/h6-7,10-15,17-18,34,37H,1,3,9H2,2,4-5H3/b14-7-,22-19+. The molecule has 0 atom stereocenters. The topological polar surface area (TPSA) is 116 Å². The van der Waals surface area contributed by atoms with Crippen molar-refractivity contribution in [3.05, 3.63) is 125 Å². The fourth-order valence-corrected chi connectivity index (χ4v) is 5.06. The van der Waals surface area contributed by atoms with Crippen molar-refractivity contribution < 1.29 is 21.9 Å². The van der Waals surface area contributed by atoms with Gasteiger partial charge < -0.3 is 10.1 Å². The number of methoxy groups -OCH3 is 1. The number of aliphatic imine (C=N–C) groups is 1. The van der Waals surface area contributed by atoms with Crippen LogP contribution in [0, 0.1) is 23.0 Å². The van der Waals surface area contributed by atoms with Crippen molar-refractivity contribution >= 4 is 21.4 Å². The summed E-state index contributed by atoms with van der Waals surface area (Å²) in [4.78, 5) is 7.64. The van der Waals surface area contributed by atoms with Gasteiger partial charge in [0.15, 0.2) is 10.7 Å². The lowest BCUT2D eigenvalue weighted by atomic mass is 9.96. The Hall–Kier alpha value is -5.04. The first-order valence-corrected chi connectivity index (χ1v) is 13.6. The number of rotatable bonds is 10. The van der Waals surface area contributed by atoms with Crippen LogP contribution in [0.3, 0.4) is 0 Å². The van der Waals surface area contributed by atoms with Gasteiger partial charge in [0.25, 0.3) is 10.0 Å². The summed E-state index contributed by atoms with van der Waals surface area (Å²) in [7, 11) is -3.30. The average Bonchev–Trinajstić information content (AvgIpc) is 3.17. The summed E-state index contributed by atoms with van der Waals surface area (Å²) < 4.78 is 64.2. The van der Waals surface area contributed by atoms with Crippen molar-refractivity contribution in [1.82, 2.24) is 10.3 Å². The molecule has 2 heterocycles. The van der Waals surface area contributed by atoms with Gasteiger partial charge in [0, 0.05) is 12.4 Å². The molecular formula is C30H27F2N5O3S. The summed E-state index contributed by atoms with van der Waals surface area (Å²) in [6, 6.07) is 4.70. The number of halogens is 2. The summed E-state index contributed by atoms with van der Waals surface area (Å²) in [6.45, 7) is 11.2. The summed E-state index contributed by atoms with van der Waals surface area (Å²) in [5, 5.41) is 12.2. The molecule has 1 aromatic heterocycles. The Kier molecular flexibility index (Phi) is 9.93. The van der Waals surface area contributed by atoms with E-state index in [2.05, 4.69) is 38.9 Å². The van der Waals surface area contributed by atoms with E-state index in [1.165, 1.54) is 19.4 Å². The zero-order chi connectivity index (χ0) is 30.2. The summed E-state index contributed by atoms with van der Waals surface area (Å²) in [5.41, 5.74) is 4.40. The molecular weight excluding hydrogens is 548 g/mol. The number of sulfonamides is 1. The lowest BCUT2D eigenvalue weighted by molar-refractivity contribution is 0.385. The molecule has 0 amide bonds. The maximum absolute atomic E-state index is 15.8. The quantitative estimate of drug-likeness (QED) is 0.266. The van der Waals surface area contributed by atoms with Crippen LogP contribution < -0.4 is 14.8 Å².